The molecular formula is C18H20N6O. The van der Waals surface area contributed by atoms with Gasteiger partial charge in [-0.05, 0) is 32.4 Å². The average Bonchev–Trinajstić information content (AvgIpc) is 3.17. The summed E-state index contributed by atoms with van der Waals surface area (Å²) in [5, 5.41) is 7.45. The van der Waals surface area contributed by atoms with E-state index < -0.39 is 0 Å². The van der Waals surface area contributed by atoms with Crippen LogP contribution < -0.4 is 5.32 Å². The van der Waals surface area contributed by atoms with Gasteiger partial charge in [0, 0.05) is 31.4 Å². The molecule has 7 nitrogen and oxygen atoms in total. The van der Waals surface area contributed by atoms with Gasteiger partial charge in [0.25, 0.3) is 5.91 Å². The van der Waals surface area contributed by atoms with Crippen molar-refractivity contribution in [2.45, 2.75) is 39.3 Å². The largest absolute Gasteiger partial charge is 0.347 e. The van der Waals surface area contributed by atoms with Gasteiger partial charge in [-0.15, -0.1) is 0 Å². The van der Waals surface area contributed by atoms with E-state index in [1.165, 1.54) is 0 Å². The van der Waals surface area contributed by atoms with Crippen LogP contribution in [-0.4, -0.2) is 36.3 Å². The third-order valence-electron chi connectivity index (χ3n) is 4.57. The second-order valence-electron chi connectivity index (χ2n) is 6.40. The van der Waals surface area contributed by atoms with Crippen molar-refractivity contribution >= 4 is 5.91 Å². The second-order valence-corrected chi connectivity index (χ2v) is 6.40. The van der Waals surface area contributed by atoms with Gasteiger partial charge in [0.2, 0.25) is 0 Å². The van der Waals surface area contributed by atoms with Crippen LogP contribution in [0.15, 0.2) is 36.8 Å². The SMILES string of the molecule is Cc1cn2c(n1)CC[C@@H](NC(=O)c1cnn(-c3ccccn3)c1C)C2. The summed E-state index contributed by atoms with van der Waals surface area (Å²) in [6.07, 6.45) is 7.14. The highest BCUT2D eigenvalue weighted by atomic mass is 16.1. The highest BCUT2D eigenvalue weighted by Gasteiger charge is 2.23. The van der Waals surface area contributed by atoms with Gasteiger partial charge >= 0.3 is 0 Å². The van der Waals surface area contributed by atoms with E-state index in [0.717, 1.165) is 36.6 Å². The molecule has 25 heavy (non-hydrogen) atoms. The van der Waals surface area contributed by atoms with E-state index in [4.69, 9.17) is 0 Å². The lowest BCUT2D eigenvalue weighted by molar-refractivity contribution is 0.0927. The van der Waals surface area contributed by atoms with Crippen LogP contribution in [-0.2, 0) is 13.0 Å². The van der Waals surface area contributed by atoms with Crippen molar-refractivity contribution in [3.63, 3.8) is 0 Å². The zero-order valence-corrected chi connectivity index (χ0v) is 14.3. The minimum Gasteiger partial charge on any atom is -0.347 e. The van der Waals surface area contributed by atoms with Gasteiger partial charge < -0.3 is 9.88 Å². The van der Waals surface area contributed by atoms with Crippen molar-refractivity contribution in [2.24, 2.45) is 0 Å². The lowest BCUT2D eigenvalue weighted by Crippen LogP contribution is -2.41. The first-order valence-corrected chi connectivity index (χ1v) is 8.41. The number of carbonyl (C=O) groups is 1. The van der Waals surface area contributed by atoms with Gasteiger partial charge in [-0.3, -0.25) is 4.79 Å². The fraction of sp³-hybridized carbons (Fsp3) is 0.333. The molecule has 0 spiro atoms. The molecule has 0 fully saturated rings. The van der Waals surface area contributed by atoms with E-state index in [-0.39, 0.29) is 11.9 Å². The summed E-state index contributed by atoms with van der Waals surface area (Å²) in [6, 6.07) is 5.72. The molecule has 128 valence electrons. The van der Waals surface area contributed by atoms with Crippen molar-refractivity contribution in [1.82, 2.24) is 29.6 Å². The number of rotatable bonds is 3. The number of nitrogens with one attached hydrogen (secondary N) is 1. The molecule has 1 aliphatic heterocycles. The highest BCUT2D eigenvalue weighted by molar-refractivity contribution is 5.95. The predicted octanol–water partition coefficient (Wildman–Crippen LogP) is 1.83. The number of aromatic nitrogens is 5. The molecule has 4 heterocycles. The van der Waals surface area contributed by atoms with Gasteiger partial charge in [0.05, 0.1) is 23.1 Å². The van der Waals surface area contributed by atoms with Gasteiger partial charge in [-0.25, -0.2) is 14.6 Å². The summed E-state index contributed by atoms with van der Waals surface area (Å²) in [7, 11) is 0. The second kappa shape index (κ2) is 6.16. The molecule has 0 unspecified atom stereocenters. The third kappa shape index (κ3) is 2.93. The fourth-order valence-corrected chi connectivity index (χ4v) is 3.31. The average molecular weight is 336 g/mol. The number of imidazole rings is 1. The van der Waals surface area contributed by atoms with Gasteiger partial charge in [-0.1, -0.05) is 6.07 Å². The maximum absolute atomic E-state index is 12.7. The Balaban J connectivity index is 1.50. The van der Waals surface area contributed by atoms with Crippen molar-refractivity contribution < 1.29 is 4.79 Å². The number of amides is 1. The van der Waals surface area contributed by atoms with Crippen LogP contribution in [0.3, 0.4) is 0 Å². The number of fused-ring (bicyclic) bond motifs is 1. The molecule has 1 aliphatic rings. The number of nitrogens with zero attached hydrogens (tertiary/aromatic N) is 5. The molecule has 0 aromatic carbocycles. The quantitative estimate of drug-likeness (QED) is 0.791. The Morgan fingerprint density at radius 3 is 3.00 bits per heavy atom. The summed E-state index contributed by atoms with van der Waals surface area (Å²) in [4.78, 5) is 21.5. The Bertz CT molecular complexity index is 911. The number of hydrogen-bond acceptors (Lipinski definition) is 4. The molecule has 0 radical (unpaired) electrons. The van der Waals surface area contributed by atoms with Crippen LogP contribution in [0.2, 0.25) is 0 Å². The normalized spacial score (nSPS) is 16.5. The highest BCUT2D eigenvalue weighted by Crippen LogP contribution is 2.17. The van der Waals surface area contributed by atoms with Crippen LogP contribution >= 0.6 is 0 Å². The Labute approximate surface area is 145 Å². The molecule has 0 saturated heterocycles. The van der Waals surface area contributed by atoms with Crippen LogP contribution in [0, 0.1) is 13.8 Å². The van der Waals surface area contributed by atoms with E-state index in [1.807, 2.05) is 38.2 Å². The molecule has 7 heteroatoms. The van der Waals surface area contributed by atoms with Crippen LogP contribution in [0.25, 0.3) is 5.82 Å². The molecule has 0 bridgehead atoms. The monoisotopic (exact) mass is 336 g/mol. The van der Waals surface area contributed by atoms with E-state index in [1.54, 1.807) is 17.1 Å². The van der Waals surface area contributed by atoms with Gasteiger partial charge in [-0.2, -0.15) is 5.10 Å². The number of carbonyl (C=O) groups excluding carboxylic acids is 1. The zero-order chi connectivity index (χ0) is 17.4. The minimum atomic E-state index is -0.0926. The molecule has 0 aliphatic carbocycles. The summed E-state index contributed by atoms with van der Waals surface area (Å²) in [5.41, 5.74) is 2.39. The molecule has 1 amide bonds. The Morgan fingerprint density at radius 2 is 2.20 bits per heavy atom. The summed E-state index contributed by atoms with van der Waals surface area (Å²) in [6.45, 7) is 4.64. The van der Waals surface area contributed by atoms with E-state index in [9.17, 15) is 4.79 Å². The van der Waals surface area contributed by atoms with E-state index in [0.29, 0.717) is 11.4 Å². The maximum Gasteiger partial charge on any atom is 0.255 e. The molecule has 1 N–H and O–H groups in total. The summed E-state index contributed by atoms with van der Waals surface area (Å²) >= 11 is 0. The summed E-state index contributed by atoms with van der Waals surface area (Å²) in [5.74, 6) is 1.71. The Hall–Kier alpha value is -2.96. The third-order valence-corrected chi connectivity index (χ3v) is 4.57. The first-order chi connectivity index (χ1) is 12.1. The van der Waals surface area contributed by atoms with E-state index >= 15 is 0 Å². The molecule has 3 aromatic rings. The first kappa shape index (κ1) is 15.6. The zero-order valence-electron chi connectivity index (χ0n) is 14.3. The number of aryl methyl sites for hydroxylation is 2. The first-order valence-electron chi connectivity index (χ1n) is 8.41. The molecule has 0 saturated carbocycles. The molecule has 4 rings (SSSR count). The van der Waals surface area contributed by atoms with Crippen LogP contribution in [0.1, 0.15) is 34.0 Å². The van der Waals surface area contributed by atoms with Crippen molar-refractivity contribution in [3.05, 3.63) is 59.6 Å². The predicted molar refractivity (Wildman–Crippen MR) is 92.6 cm³/mol. The van der Waals surface area contributed by atoms with Crippen LogP contribution in [0.4, 0.5) is 0 Å². The number of pyridine rings is 1. The topological polar surface area (TPSA) is 77.6 Å². The summed E-state index contributed by atoms with van der Waals surface area (Å²) < 4.78 is 3.82. The molecular weight excluding hydrogens is 316 g/mol. The standard InChI is InChI=1S/C18H20N6O/c1-12-10-23-11-14(6-7-17(23)21-12)22-18(25)15-9-20-24(13(15)2)16-5-3-4-8-19-16/h3-5,8-10,14H,6-7,11H2,1-2H3,(H,22,25)/t14-/m1/s1. The lowest BCUT2D eigenvalue weighted by Gasteiger charge is -2.24. The minimum absolute atomic E-state index is 0.0926. The van der Waals surface area contributed by atoms with Crippen molar-refractivity contribution in [1.29, 1.82) is 0 Å². The van der Waals surface area contributed by atoms with Gasteiger partial charge in [0.15, 0.2) is 5.82 Å². The lowest BCUT2D eigenvalue weighted by atomic mass is 10.1. The van der Waals surface area contributed by atoms with Crippen molar-refractivity contribution in [3.8, 4) is 5.82 Å². The van der Waals surface area contributed by atoms with Gasteiger partial charge in [0.1, 0.15) is 5.82 Å². The van der Waals surface area contributed by atoms with Crippen molar-refractivity contribution in [2.75, 3.05) is 0 Å². The Kier molecular flexibility index (Phi) is 3.83. The number of hydrogen-bond donors (Lipinski definition) is 1. The van der Waals surface area contributed by atoms with Crippen LogP contribution in [0.5, 0.6) is 0 Å². The Morgan fingerprint density at radius 1 is 1.32 bits per heavy atom. The molecule has 3 aromatic heterocycles. The maximum atomic E-state index is 12.7. The smallest absolute Gasteiger partial charge is 0.255 e. The van der Waals surface area contributed by atoms with E-state index in [2.05, 4.69) is 25.0 Å². The molecule has 1 atom stereocenters. The fourth-order valence-electron chi connectivity index (χ4n) is 3.31.